The third kappa shape index (κ3) is 3.78. The molecule has 1 aromatic carbocycles. The van der Waals surface area contributed by atoms with Crippen molar-refractivity contribution in [2.45, 2.75) is 45.3 Å². The van der Waals surface area contributed by atoms with Crippen molar-refractivity contribution in [3.8, 4) is 0 Å². The quantitative estimate of drug-likeness (QED) is 0.755. The average Bonchev–Trinajstić information content (AvgIpc) is 3.12. The van der Waals surface area contributed by atoms with E-state index in [9.17, 15) is 17.6 Å². The summed E-state index contributed by atoms with van der Waals surface area (Å²) in [6.45, 7) is 3.30. The van der Waals surface area contributed by atoms with Crippen LogP contribution in [0.5, 0.6) is 0 Å². The minimum Gasteiger partial charge on any atom is -0.329 e. The van der Waals surface area contributed by atoms with E-state index < -0.39 is 15.8 Å². The van der Waals surface area contributed by atoms with E-state index in [0.717, 1.165) is 12.8 Å². The number of nitrogens with zero attached hydrogens (tertiary/aromatic N) is 5. The first-order chi connectivity index (χ1) is 13.8. The number of carbonyl (C=O) groups is 1. The van der Waals surface area contributed by atoms with Crippen LogP contribution in [0.1, 0.15) is 52.9 Å². The molecule has 0 saturated carbocycles. The first-order valence-electron chi connectivity index (χ1n) is 9.70. The maximum atomic E-state index is 13.8. The van der Waals surface area contributed by atoms with Crippen molar-refractivity contribution in [3.63, 3.8) is 0 Å². The van der Waals surface area contributed by atoms with Crippen molar-refractivity contribution in [2.24, 2.45) is 0 Å². The maximum Gasteiger partial charge on any atom is 0.254 e. The predicted octanol–water partition coefficient (Wildman–Crippen LogP) is 1.87. The van der Waals surface area contributed by atoms with Gasteiger partial charge in [0.05, 0.1) is 18.8 Å². The number of piperidine rings is 1. The predicted molar refractivity (Wildman–Crippen MR) is 104 cm³/mol. The van der Waals surface area contributed by atoms with Gasteiger partial charge in [-0.1, -0.05) is 12.5 Å². The zero-order valence-corrected chi connectivity index (χ0v) is 17.3. The Morgan fingerprint density at radius 2 is 1.97 bits per heavy atom. The molecule has 10 heteroatoms. The van der Waals surface area contributed by atoms with Gasteiger partial charge in [-0.3, -0.25) is 4.79 Å². The van der Waals surface area contributed by atoms with Crippen LogP contribution in [0.4, 0.5) is 4.39 Å². The number of aromatic nitrogens is 3. The molecule has 0 radical (unpaired) electrons. The van der Waals surface area contributed by atoms with Gasteiger partial charge in [-0.05, 0) is 37.5 Å². The van der Waals surface area contributed by atoms with Crippen molar-refractivity contribution in [2.75, 3.05) is 19.3 Å². The fraction of sp³-hybridized carbons (Fsp3) is 0.526. The molecule has 2 aliphatic rings. The van der Waals surface area contributed by atoms with E-state index in [0.29, 0.717) is 48.8 Å². The molecule has 4 rings (SSSR count). The van der Waals surface area contributed by atoms with E-state index in [4.69, 9.17) is 0 Å². The fourth-order valence-corrected chi connectivity index (χ4v) is 5.19. The van der Waals surface area contributed by atoms with E-state index in [1.807, 2.05) is 4.57 Å². The summed E-state index contributed by atoms with van der Waals surface area (Å²) < 4.78 is 41.7. The first-order valence-corrected chi connectivity index (χ1v) is 11.5. The number of fused-ring (bicyclic) bond motifs is 1. The number of benzene rings is 1. The van der Waals surface area contributed by atoms with E-state index in [1.165, 1.54) is 16.6 Å². The van der Waals surface area contributed by atoms with Gasteiger partial charge in [0, 0.05) is 25.2 Å². The second-order valence-electron chi connectivity index (χ2n) is 7.70. The van der Waals surface area contributed by atoms with Crippen LogP contribution in [0.3, 0.4) is 0 Å². The van der Waals surface area contributed by atoms with E-state index >= 15 is 0 Å². The molecule has 1 amide bonds. The molecule has 156 valence electrons. The summed E-state index contributed by atoms with van der Waals surface area (Å²) >= 11 is 0. The molecule has 1 unspecified atom stereocenters. The van der Waals surface area contributed by atoms with Gasteiger partial charge < -0.3 is 9.47 Å². The summed E-state index contributed by atoms with van der Waals surface area (Å²) in [5.74, 6) is 0.594. The zero-order valence-electron chi connectivity index (χ0n) is 16.5. The minimum atomic E-state index is -3.34. The van der Waals surface area contributed by atoms with Crippen LogP contribution in [-0.4, -0.2) is 57.6 Å². The number of hydrogen-bond acceptors (Lipinski definition) is 5. The van der Waals surface area contributed by atoms with Crippen LogP contribution in [0, 0.1) is 12.7 Å². The summed E-state index contributed by atoms with van der Waals surface area (Å²) in [5.41, 5.74) is 0.796. The number of sulfonamides is 1. The third-order valence-corrected chi connectivity index (χ3v) is 6.95. The standard InChI is InChI=1S/C19H24FN5O3S/c1-13-6-7-14(11-15(13)20)19(26)23-9-10-24-17(12-23)21-22-18(24)16-5-3-4-8-25(16)29(2,27)28/h6-7,11,16H,3-5,8-10,12H2,1-2H3. The lowest BCUT2D eigenvalue weighted by Crippen LogP contribution is -2.41. The smallest absolute Gasteiger partial charge is 0.254 e. The number of aryl methyl sites for hydroxylation is 1. The van der Waals surface area contributed by atoms with Gasteiger partial charge in [-0.25, -0.2) is 12.8 Å². The number of carbonyl (C=O) groups excluding carboxylic acids is 1. The first kappa shape index (κ1) is 20.0. The number of halogens is 1. The topological polar surface area (TPSA) is 88.4 Å². The van der Waals surface area contributed by atoms with Crippen molar-refractivity contribution in [3.05, 3.63) is 46.8 Å². The molecule has 0 bridgehead atoms. The van der Waals surface area contributed by atoms with Gasteiger partial charge in [0.25, 0.3) is 5.91 Å². The van der Waals surface area contributed by atoms with Crippen LogP contribution in [0.15, 0.2) is 18.2 Å². The maximum absolute atomic E-state index is 13.8. The Hall–Kier alpha value is -2.33. The molecule has 8 nitrogen and oxygen atoms in total. The second kappa shape index (κ2) is 7.49. The van der Waals surface area contributed by atoms with Crippen LogP contribution in [0.25, 0.3) is 0 Å². The van der Waals surface area contributed by atoms with Crippen LogP contribution in [-0.2, 0) is 23.1 Å². The summed E-state index contributed by atoms with van der Waals surface area (Å²) in [7, 11) is -3.34. The SMILES string of the molecule is Cc1ccc(C(=O)N2CCn3c(nnc3C3CCCCN3S(C)(=O)=O)C2)cc1F. The van der Waals surface area contributed by atoms with E-state index in [2.05, 4.69) is 10.2 Å². The Bertz CT molecular complexity index is 1050. The number of amides is 1. The van der Waals surface area contributed by atoms with Gasteiger partial charge in [0.1, 0.15) is 5.82 Å². The van der Waals surface area contributed by atoms with Gasteiger partial charge in [0.15, 0.2) is 11.6 Å². The fourth-order valence-electron chi connectivity index (χ4n) is 4.07. The number of hydrogen-bond donors (Lipinski definition) is 0. The molecule has 3 heterocycles. The Labute approximate surface area is 169 Å². The monoisotopic (exact) mass is 421 g/mol. The van der Waals surface area contributed by atoms with Gasteiger partial charge in [0.2, 0.25) is 10.0 Å². The Morgan fingerprint density at radius 1 is 1.17 bits per heavy atom. The summed E-state index contributed by atoms with van der Waals surface area (Å²) in [6.07, 6.45) is 3.69. The second-order valence-corrected chi connectivity index (χ2v) is 9.64. The van der Waals surface area contributed by atoms with Crippen molar-refractivity contribution < 1.29 is 17.6 Å². The lowest BCUT2D eigenvalue weighted by atomic mass is 10.0. The van der Waals surface area contributed by atoms with Crippen molar-refractivity contribution >= 4 is 15.9 Å². The molecule has 1 saturated heterocycles. The van der Waals surface area contributed by atoms with Crippen LogP contribution >= 0.6 is 0 Å². The largest absolute Gasteiger partial charge is 0.329 e. The average molecular weight is 421 g/mol. The van der Waals surface area contributed by atoms with Crippen molar-refractivity contribution in [1.82, 2.24) is 24.0 Å². The Kier molecular flexibility index (Phi) is 5.16. The highest BCUT2D eigenvalue weighted by Crippen LogP contribution is 2.33. The molecule has 0 N–H and O–H groups in total. The molecule has 1 atom stereocenters. The third-order valence-electron chi connectivity index (χ3n) is 5.67. The molecular weight excluding hydrogens is 397 g/mol. The van der Waals surface area contributed by atoms with E-state index in [1.54, 1.807) is 24.0 Å². The minimum absolute atomic E-state index is 0.255. The molecule has 0 spiro atoms. The lowest BCUT2D eigenvalue weighted by molar-refractivity contribution is 0.0704. The number of rotatable bonds is 3. The zero-order chi connectivity index (χ0) is 20.8. The Balaban J connectivity index is 1.57. The molecular formula is C19H24FN5O3S. The van der Waals surface area contributed by atoms with E-state index in [-0.39, 0.29) is 18.5 Å². The lowest BCUT2D eigenvalue weighted by Gasteiger charge is -2.34. The summed E-state index contributed by atoms with van der Waals surface area (Å²) in [6, 6.07) is 4.15. The molecule has 2 aliphatic heterocycles. The highest BCUT2D eigenvalue weighted by atomic mass is 32.2. The highest BCUT2D eigenvalue weighted by Gasteiger charge is 2.36. The van der Waals surface area contributed by atoms with Crippen molar-refractivity contribution in [1.29, 1.82) is 0 Å². The van der Waals surface area contributed by atoms with Gasteiger partial charge >= 0.3 is 0 Å². The normalized spacial score (nSPS) is 20.5. The van der Waals surface area contributed by atoms with Crippen LogP contribution in [0.2, 0.25) is 0 Å². The summed E-state index contributed by atoms with van der Waals surface area (Å²) in [5, 5.41) is 8.52. The van der Waals surface area contributed by atoms with Crippen LogP contribution < -0.4 is 0 Å². The summed E-state index contributed by atoms with van der Waals surface area (Å²) in [4.78, 5) is 14.4. The molecule has 0 aliphatic carbocycles. The Morgan fingerprint density at radius 3 is 2.69 bits per heavy atom. The molecule has 29 heavy (non-hydrogen) atoms. The van der Waals surface area contributed by atoms with Gasteiger partial charge in [-0.2, -0.15) is 4.31 Å². The highest BCUT2D eigenvalue weighted by molar-refractivity contribution is 7.88. The molecule has 2 aromatic rings. The molecule has 1 aromatic heterocycles. The van der Waals surface area contributed by atoms with Gasteiger partial charge in [-0.15, -0.1) is 10.2 Å². The molecule has 1 fully saturated rings.